The summed E-state index contributed by atoms with van der Waals surface area (Å²) in [6.07, 6.45) is 5.06. The number of furan rings is 1. The molecule has 0 saturated heterocycles. The van der Waals surface area contributed by atoms with Crippen LogP contribution in [0.4, 0.5) is 0 Å². The fourth-order valence-electron chi connectivity index (χ4n) is 1.82. The van der Waals surface area contributed by atoms with E-state index < -0.39 is 0 Å². The predicted octanol–water partition coefficient (Wildman–Crippen LogP) is 2.04. The Kier molecular flexibility index (Phi) is 3.64. The molecule has 0 spiro atoms. The van der Waals surface area contributed by atoms with Gasteiger partial charge in [0.25, 0.3) is 0 Å². The van der Waals surface area contributed by atoms with Gasteiger partial charge in [-0.15, -0.1) is 0 Å². The van der Waals surface area contributed by atoms with Gasteiger partial charge in [0.2, 0.25) is 0 Å². The number of allylic oxidation sites excluding steroid dienone is 1. The zero-order valence-corrected chi connectivity index (χ0v) is 9.53. The molecule has 0 saturated carbocycles. The highest BCUT2D eigenvalue weighted by Crippen LogP contribution is 2.26. The number of hydrazine groups is 1. The van der Waals surface area contributed by atoms with Gasteiger partial charge in [-0.2, -0.15) is 0 Å². The predicted molar refractivity (Wildman–Crippen MR) is 61.4 cm³/mol. The van der Waals surface area contributed by atoms with Gasteiger partial charge in [0.15, 0.2) is 0 Å². The summed E-state index contributed by atoms with van der Waals surface area (Å²) in [5.41, 5.74) is 2.74. The van der Waals surface area contributed by atoms with E-state index in [-0.39, 0.29) is 6.04 Å². The average Bonchev–Trinajstić information content (AvgIpc) is 2.80. The van der Waals surface area contributed by atoms with Gasteiger partial charge >= 0.3 is 0 Å². The van der Waals surface area contributed by atoms with Crippen LogP contribution in [-0.4, -0.2) is 6.61 Å². The molecule has 16 heavy (non-hydrogen) atoms. The highest BCUT2D eigenvalue weighted by atomic mass is 16.5. The van der Waals surface area contributed by atoms with E-state index in [4.69, 9.17) is 15.0 Å². The van der Waals surface area contributed by atoms with Gasteiger partial charge in [0, 0.05) is 6.42 Å². The van der Waals surface area contributed by atoms with Crippen molar-refractivity contribution in [2.24, 2.45) is 5.84 Å². The molecule has 0 aliphatic carbocycles. The van der Waals surface area contributed by atoms with E-state index in [0.717, 1.165) is 43.1 Å². The van der Waals surface area contributed by atoms with E-state index in [1.807, 2.05) is 12.1 Å². The molecule has 88 valence electrons. The van der Waals surface area contributed by atoms with Crippen LogP contribution < -0.4 is 11.3 Å². The van der Waals surface area contributed by atoms with Crippen LogP contribution in [0.5, 0.6) is 0 Å². The molecule has 2 heterocycles. The van der Waals surface area contributed by atoms with E-state index in [0.29, 0.717) is 0 Å². The van der Waals surface area contributed by atoms with Crippen molar-refractivity contribution in [3.63, 3.8) is 0 Å². The molecule has 1 atom stereocenters. The summed E-state index contributed by atoms with van der Waals surface area (Å²) in [6.45, 7) is 2.81. The summed E-state index contributed by atoms with van der Waals surface area (Å²) >= 11 is 0. The lowest BCUT2D eigenvalue weighted by Gasteiger charge is -2.21. The normalized spacial score (nSPS) is 17.8. The van der Waals surface area contributed by atoms with Crippen molar-refractivity contribution in [2.75, 3.05) is 6.61 Å². The Balaban J connectivity index is 2.17. The Morgan fingerprint density at radius 2 is 2.38 bits per heavy atom. The topological polar surface area (TPSA) is 60.4 Å². The summed E-state index contributed by atoms with van der Waals surface area (Å²) in [6, 6.07) is 3.76. The van der Waals surface area contributed by atoms with E-state index in [2.05, 4.69) is 18.4 Å². The zero-order chi connectivity index (χ0) is 11.4. The van der Waals surface area contributed by atoms with Crippen LogP contribution in [0.2, 0.25) is 0 Å². The Morgan fingerprint density at radius 3 is 2.94 bits per heavy atom. The van der Waals surface area contributed by atoms with Crippen LogP contribution in [0.25, 0.3) is 0 Å². The molecule has 3 N–H and O–H groups in total. The molecule has 1 aliphatic heterocycles. The second-order valence-corrected chi connectivity index (χ2v) is 3.85. The zero-order valence-electron chi connectivity index (χ0n) is 9.53. The number of rotatable bonds is 4. The molecule has 1 aromatic heterocycles. The minimum absolute atomic E-state index is 0.166. The van der Waals surface area contributed by atoms with Crippen molar-refractivity contribution in [1.29, 1.82) is 0 Å². The van der Waals surface area contributed by atoms with Gasteiger partial charge < -0.3 is 9.15 Å². The molecule has 0 amide bonds. The molecule has 1 aliphatic rings. The van der Waals surface area contributed by atoms with Crippen LogP contribution in [0.15, 0.2) is 28.4 Å². The lowest BCUT2D eigenvalue weighted by atomic mass is 10.1. The monoisotopic (exact) mass is 222 g/mol. The molecule has 0 radical (unpaired) electrons. The third-order valence-corrected chi connectivity index (χ3v) is 2.73. The van der Waals surface area contributed by atoms with Crippen LogP contribution in [0.1, 0.15) is 37.3 Å². The number of aryl methyl sites for hydroxylation is 1. The maximum Gasteiger partial charge on any atom is 0.136 e. The van der Waals surface area contributed by atoms with Crippen molar-refractivity contribution < 1.29 is 9.15 Å². The number of hydrogen-bond acceptors (Lipinski definition) is 4. The molecular weight excluding hydrogens is 204 g/mol. The summed E-state index contributed by atoms with van der Waals surface area (Å²) in [7, 11) is 0. The average molecular weight is 222 g/mol. The SMILES string of the molecule is CCc1ccc(C(NN)C2=CCCCO2)o1. The van der Waals surface area contributed by atoms with Gasteiger partial charge in [-0.3, -0.25) is 5.84 Å². The van der Waals surface area contributed by atoms with Crippen LogP contribution >= 0.6 is 0 Å². The highest BCUT2D eigenvalue weighted by molar-refractivity contribution is 5.19. The summed E-state index contributed by atoms with van der Waals surface area (Å²) in [4.78, 5) is 0. The number of nitrogens with one attached hydrogen (secondary N) is 1. The van der Waals surface area contributed by atoms with E-state index in [9.17, 15) is 0 Å². The van der Waals surface area contributed by atoms with Crippen LogP contribution in [0.3, 0.4) is 0 Å². The lowest BCUT2D eigenvalue weighted by molar-refractivity contribution is 0.161. The summed E-state index contributed by atoms with van der Waals surface area (Å²) in [5, 5.41) is 0. The smallest absolute Gasteiger partial charge is 0.136 e. The number of nitrogens with two attached hydrogens (primary N) is 1. The number of ether oxygens (including phenoxy) is 1. The molecule has 4 nitrogen and oxygen atoms in total. The highest BCUT2D eigenvalue weighted by Gasteiger charge is 2.21. The van der Waals surface area contributed by atoms with E-state index >= 15 is 0 Å². The maximum atomic E-state index is 5.68. The van der Waals surface area contributed by atoms with Crippen LogP contribution in [0, 0.1) is 0 Å². The Hall–Kier alpha value is -1.26. The summed E-state index contributed by atoms with van der Waals surface area (Å²) in [5.74, 6) is 8.20. The summed E-state index contributed by atoms with van der Waals surface area (Å²) < 4.78 is 11.3. The molecular formula is C12H18N2O2. The fraction of sp³-hybridized carbons (Fsp3) is 0.500. The third-order valence-electron chi connectivity index (χ3n) is 2.73. The first-order chi connectivity index (χ1) is 7.85. The van der Waals surface area contributed by atoms with E-state index in [1.54, 1.807) is 0 Å². The van der Waals surface area contributed by atoms with Gasteiger partial charge in [-0.05, 0) is 31.1 Å². The van der Waals surface area contributed by atoms with Crippen LogP contribution in [-0.2, 0) is 11.2 Å². The van der Waals surface area contributed by atoms with Gasteiger partial charge in [0.1, 0.15) is 23.3 Å². The largest absolute Gasteiger partial charge is 0.496 e. The first-order valence-electron chi connectivity index (χ1n) is 5.72. The molecule has 0 fully saturated rings. The van der Waals surface area contributed by atoms with Gasteiger partial charge in [-0.1, -0.05) is 6.92 Å². The van der Waals surface area contributed by atoms with Gasteiger partial charge in [-0.25, -0.2) is 5.43 Å². The molecule has 2 rings (SSSR count). The second kappa shape index (κ2) is 5.18. The minimum Gasteiger partial charge on any atom is -0.496 e. The molecule has 1 unspecified atom stereocenters. The molecule has 0 aromatic carbocycles. The Morgan fingerprint density at radius 1 is 1.50 bits per heavy atom. The first kappa shape index (κ1) is 11.2. The number of hydrogen-bond donors (Lipinski definition) is 2. The molecule has 1 aromatic rings. The Labute approximate surface area is 95.4 Å². The minimum atomic E-state index is -0.166. The van der Waals surface area contributed by atoms with Crippen molar-refractivity contribution in [3.05, 3.63) is 35.5 Å². The van der Waals surface area contributed by atoms with Crippen molar-refractivity contribution in [2.45, 2.75) is 32.2 Å². The van der Waals surface area contributed by atoms with Crippen molar-refractivity contribution >= 4 is 0 Å². The van der Waals surface area contributed by atoms with Gasteiger partial charge in [0.05, 0.1) is 6.61 Å². The van der Waals surface area contributed by atoms with E-state index in [1.165, 1.54) is 0 Å². The lowest BCUT2D eigenvalue weighted by Crippen LogP contribution is -2.30. The molecule has 4 heteroatoms. The van der Waals surface area contributed by atoms with Crippen molar-refractivity contribution in [3.8, 4) is 0 Å². The third kappa shape index (κ3) is 2.28. The second-order valence-electron chi connectivity index (χ2n) is 3.85. The standard InChI is InChI=1S/C12H18N2O2/c1-2-9-6-7-11(16-9)12(14-13)10-5-3-4-8-15-10/h5-7,12,14H,2-4,8,13H2,1H3. The molecule has 0 bridgehead atoms. The quantitative estimate of drug-likeness (QED) is 0.604. The maximum absolute atomic E-state index is 5.68. The Bertz CT molecular complexity index is 371. The first-order valence-corrected chi connectivity index (χ1v) is 5.72. The van der Waals surface area contributed by atoms with Crippen molar-refractivity contribution in [1.82, 2.24) is 5.43 Å². The fourth-order valence-corrected chi connectivity index (χ4v) is 1.82.